The van der Waals surface area contributed by atoms with Crippen molar-refractivity contribution in [3.8, 4) is 56.5 Å². The highest BCUT2D eigenvalue weighted by Gasteiger charge is 2.18. The molecular formula is C41H26N6. The van der Waals surface area contributed by atoms with Crippen LogP contribution in [-0.4, -0.2) is 29.5 Å². The Kier molecular flexibility index (Phi) is 6.35. The van der Waals surface area contributed by atoms with E-state index in [0.717, 1.165) is 78.2 Å². The number of rotatable bonds is 5. The summed E-state index contributed by atoms with van der Waals surface area (Å²) in [5.41, 5.74) is 9.67. The number of aromatic nitrogens is 6. The van der Waals surface area contributed by atoms with Crippen LogP contribution < -0.4 is 0 Å². The molecule has 0 saturated carbocycles. The molecule has 220 valence electrons. The molecule has 3 aromatic heterocycles. The minimum atomic E-state index is 0.699. The third-order valence-corrected chi connectivity index (χ3v) is 8.53. The Hall–Kier alpha value is -6.53. The average molecular weight is 603 g/mol. The van der Waals surface area contributed by atoms with E-state index in [1.54, 1.807) is 0 Å². The van der Waals surface area contributed by atoms with Crippen LogP contribution in [0.2, 0.25) is 0 Å². The molecule has 0 bridgehead atoms. The van der Waals surface area contributed by atoms with Crippen LogP contribution in [0, 0.1) is 0 Å². The van der Waals surface area contributed by atoms with E-state index in [1.165, 1.54) is 0 Å². The van der Waals surface area contributed by atoms with Crippen molar-refractivity contribution in [2.45, 2.75) is 0 Å². The van der Waals surface area contributed by atoms with Crippen molar-refractivity contribution in [2.24, 2.45) is 0 Å². The fraction of sp³-hybridized carbons (Fsp3) is 0. The maximum atomic E-state index is 5.11. The minimum Gasteiger partial charge on any atom is -0.258 e. The van der Waals surface area contributed by atoms with Gasteiger partial charge in [-0.1, -0.05) is 133 Å². The van der Waals surface area contributed by atoms with Gasteiger partial charge in [0, 0.05) is 33.0 Å². The first-order valence-corrected chi connectivity index (χ1v) is 15.5. The molecule has 0 N–H and O–H groups in total. The number of fused-ring (bicyclic) bond motifs is 4. The first-order valence-electron chi connectivity index (χ1n) is 15.5. The number of benzene rings is 6. The lowest BCUT2D eigenvalue weighted by Gasteiger charge is -2.12. The lowest BCUT2D eigenvalue weighted by Crippen LogP contribution is -2.00. The Balaban J connectivity index is 1.13. The van der Waals surface area contributed by atoms with Gasteiger partial charge in [0.1, 0.15) is 5.82 Å². The van der Waals surface area contributed by atoms with Crippen molar-refractivity contribution in [1.29, 1.82) is 0 Å². The molecule has 0 radical (unpaired) electrons. The zero-order chi connectivity index (χ0) is 31.2. The highest BCUT2D eigenvalue weighted by atomic mass is 15.3. The molecule has 0 atom stereocenters. The Bertz CT molecular complexity index is 2560. The fourth-order valence-corrected chi connectivity index (χ4v) is 6.22. The molecule has 6 heteroatoms. The average Bonchev–Trinajstić information content (AvgIpc) is 3.61. The van der Waals surface area contributed by atoms with Crippen LogP contribution in [0.15, 0.2) is 158 Å². The molecule has 0 unspecified atom stereocenters. The summed E-state index contributed by atoms with van der Waals surface area (Å²) in [6, 6.07) is 53.6. The van der Waals surface area contributed by atoms with Crippen LogP contribution >= 0.6 is 0 Å². The first-order chi connectivity index (χ1) is 23.3. The van der Waals surface area contributed by atoms with Gasteiger partial charge in [-0.3, -0.25) is 4.40 Å². The topological polar surface area (TPSA) is 68.9 Å². The van der Waals surface area contributed by atoms with Gasteiger partial charge in [-0.15, -0.1) is 10.2 Å². The Labute approximate surface area is 270 Å². The number of hydrogen-bond acceptors (Lipinski definition) is 5. The summed E-state index contributed by atoms with van der Waals surface area (Å²) in [7, 11) is 0. The summed E-state index contributed by atoms with van der Waals surface area (Å²) in [6.45, 7) is 0. The molecule has 6 aromatic carbocycles. The maximum absolute atomic E-state index is 5.11. The standard InChI is InChI=1S/C41H26N6/c1-3-12-28(13-4-1)37-33-18-7-9-20-35(33)42-38(44-37)32-17-11-16-31(26-32)27-22-24-30(25-23-27)39-43-36-21-10-8-19-34(36)41-46-45-40(47(39)41)29-14-5-2-6-15-29/h1-26H. The van der Waals surface area contributed by atoms with Crippen LogP contribution in [0.5, 0.6) is 0 Å². The largest absolute Gasteiger partial charge is 0.258 e. The molecule has 47 heavy (non-hydrogen) atoms. The van der Waals surface area contributed by atoms with Gasteiger partial charge in [0.15, 0.2) is 17.3 Å². The molecule has 0 aliphatic heterocycles. The van der Waals surface area contributed by atoms with Gasteiger partial charge < -0.3 is 0 Å². The van der Waals surface area contributed by atoms with Crippen LogP contribution in [0.3, 0.4) is 0 Å². The summed E-state index contributed by atoms with van der Waals surface area (Å²) in [4.78, 5) is 15.2. The smallest absolute Gasteiger partial charge is 0.172 e. The first kappa shape index (κ1) is 26.8. The molecule has 0 spiro atoms. The van der Waals surface area contributed by atoms with E-state index < -0.39 is 0 Å². The van der Waals surface area contributed by atoms with Crippen molar-refractivity contribution in [2.75, 3.05) is 0 Å². The predicted molar refractivity (Wildman–Crippen MR) is 189 cm³/mol. The molecule has 6 nitrogen and oxygen atoms in total. The van der Waals surface area contributed by atoms with E-state index in [0.29, 0.717) is 5.82 Å². The monoisotopic (exact) mass is 602 g/mol. The summed E-state index contributed by atoms with van der Waals surface area (Å²) in [5.74, 6) is 2.25. The van der Waals surface area contributed by atoms with Gasteiger partial charge in [-0.2, -0.15) is 0 Å². The van der Waals surface area contributed by atoms with Gasteiger partial charge in [0.25, 0.3) is 0 Å². The third kappa shape index (κ3) is 4.71. The van der Waals surface area contributed by atoms with Crippen molar-refractivity contribution >= 4 is 27.5 Å². The summed E-state index contributed by atoms with van der Waals surface area (Å²) in [5, 5.41) is 11.2. The van der Waals surface area contributed by atoms with Gasteiger partial charge >= 0.3 is 0 Å². The molecule has 3 heterocycles. The van der Waals surface area contributed by atoms with Gasteiger partial charge in [0.05, 0.1) is 16.7 Å². The summed E-state index contributed by atoms with van der Waals surface area (Å²) in [6.07, 6.45) is 0. The van der Waals surface area contributed by atoms with E-state index in [4.69, 9.17) is 15.0 Å². The second-order valence-corrected chi connectivity index (χ2v) is 11.4. The van der Waals surface area contributed by atoms with Crippen molar-refractivity contribution in [1.82, 2.24) is 29.5 Å². The predicted octanol–water partition coefficient (Wildman–Crippen LogP) is 9.56. The Morgan fingerprint density at radius 2 is 0.936 bits per heavy atom. The lowest BCUT2D eigenvalue weighted by atomic mass is 10.0. The van der Waals surface area contributed by atoms with E-state index in [-0.39, 0.29) is 0 Å². The number of hydrogen-bond donors (Lipinski definition) is 0. The minimum absolute atomic E-state index is 0.699. The van der Waals surface area contributed by atoms with Crippen molar-refractivity contribution < 1.29 is 0 Å². The molecule has 0 saturated heterocycles. The molecule has 0 fully saturated rings. The fourth-order valence-electron chi connectivity index (χ4n) is 6.22. The second-order valence-electron chi connectivity index (χ2n) is 11.4. The number of nitrogens with zero attached hydrogens (tertiary/aromatic N) is 6. The molecule has 0 amide bonds. The van der Waals surface area contributed by atoms with Crippen LogP contribution in [0.1, 0.15) is 0 Å². The van der Waals surface area contributed by atoms with Crippen LogP contribution in [0.25, 0.3) is 84.0 Å². The number of para-hydroxylation sites is 2. The van der Waals surface area contributed by atoms with Gasteiger partial charge in [0.2, 0.25) is 0 Å². The second kappa shape index (κ2) is 11.1. The Morgan fingerprint density at radius 3 is 1.70 bits per heavy atom. The molecule has 9 rings (SSSR count). The molecular weight excluding hydrogens is 576 g/mol. The lowest BCUT2D eigenvalue weighted by molar-refractivity contribution is 1.10. The van der Waals surface area contributed by atoms with Crippen LogP contribution in [-0.2, 0) is 0 Å². The molecule has 0 aliphatic rings. The van der Waals surface area contributed by atoms with E-state index in [1.807, 2.05) is 91.0 Å². The van der Waals surface area contributed by atoms with Crippen molar-refractivity contribution in [3.63, 3.8) is 0 Å². The maximum Gasteiger partial charge on any atom is 0.172 e. The van der Waals surface area contributed by atoms with E-state index in [9.17, 15) is 0 Å². The van der Waals surface area contributed by atoms with Crippen molar-refractivity contribution in [3.05, 3.63) is 158 Å². The van der Waals surface area contributed by atoms with Gasteiger partial charge in [-0.25, -0.2) is 15.0 Å². The normalized spacial score (nSPS) is 11.4. The zero-order valence-corrected chi connectivity index (χ0v) is 25.2. The zero-order valence-electron chi connectivity index (χ0n) is 25.2. The summed E-state index contributed by atoms with van der Waals surface area (Å²) >= 11 is 0. The van der Waals surface area contributed by atoms with Gasteiger partial charge in [-0.05, 0) is 35.4 Å². The highest BCUT2D eigenvalue weighted by Crippen LogP contribution is 2.33. The molecule has 9 aromatic rings. The quantitative estimate of drug-likeness (QED) is 0.196. The third-order valence-electron chi connectivity index (χ3n) is 8.53. The van der Waals surface area contributed by atoms with E-state index in [2.05, 4.69) is 81.3 Å². The van der Waals surface area contributed by atoms with Crippen LogP contribution in [0.4, 0.5) is 0 Å². The Morgan fingerprint density at radius 1 is 0.362 bits per heavy atom. The summed E-state index contributed by atoms with van der Waals surface area (Å²) < 4.78 is 2.06. The molecule has 0 aliphatic carbocycles. The SMILES string of the molecule is c1ccc(-c2nc(-c3cccc(-c4ccc(-c5nc6ccccc6c6nnc(-c7ccccc7)n56)cc4)c3)nc3ccccc23)cc1. The highest BCUT2D eigenvalue weighted by molar-refractivity contribution is 5.95. The van der Waals surface area contributed by atoms with E-state index >= 15 is 0 Å².